The fourth-order valence-corrected chi connectivity index (χ4v) is 1.13. The summed E-state index contributed by atoms with van der Waals surface area (Å²) >= 11 is 0. The van der Waals surface area contributed by atoms with E-state index in [1.807, 2.05) is 6.92 Å². The molecule has 1 heterocycles. The van der Waals surface area contributed by atoms with E-state index in [1.54, 1.807) is 6.33 Å². The Morgan fingerprint density at radius 2 is 2.46 bits per heavy atom. The molecule has 1 rings (SSSR count). The van der Waals surface area contributed by atoms with E-state index < -0.39 is 0 Å². The molecule has 0 saturated heterocycles. The van der Waals surface area contributed by atoms with Crippen molar-refractivity contribution >= 4 is 0 Å². The van der Waals surface area contributed by atoms with Crippen molar-refractivity contribution in [1.29, 1.82) is 0 Å². The van der Waals surface area contributed by atoms with Crippen molar-refractivity contribution in [3.63, 3.8) is 0 Å². The maximum atomic E-state index is 8.69. The zero-order chi connectivity index (χ0) is 9.68. The van der Waals surface area contributed by atoms with Crippen LogP contribution in [0.2, 0.25) is 0 Å². The zero-order valence-corrected chi connectivity index (χ0v) is 8.17. The van der Waals surface area contributed by atoms with Crippen molar-refractivity contribution in [2.75, 3.05) is 6.61 Å². The molecule has 1 unspecified atom stereocenters. The summed E-state index contributed by atoms with van der Waals surface area (Å²) in [6.07, 6.45) is 2.48. The van der Waals surface area contributed by atoms with Crippen molar-refractivity contribution in [2.24, 2.45) is 0 Å². The molecule has 0 spiro atoms. The Balaban J connectivity index is 2.30. The molecule has 13 heavy (non-hydrogen) atoms. The zero-order valence-electron chi connectivity index (χ0n) is 8.17. The number of aryl methyl sites for hydroxylation is 1. The summed E-state index contributed by atoms with van der Waals surface area (Å²) in [4.78, 5) is 7.19. The minimum atomic E-state index is 0.230. The summed E-state index contributed by atoms with van der Waals surface area (Å²) in [5.74, 6) is 0. The van der Waals surface area contributed by atoms with Gasteiger partial charge in [-0.2, -0.15) is 0 Å². The number of hydrogen-bond donors (Lipinski definition) is 3. The standard InChI is InChI=1S/C9H17N3O/c1-7(3-4-13)10-5-9-8(2)11-6-12-9/h6-7,10,13H,3-5H2,1-2H3,(H,11,12). The molecule has 0 fully saturated rings. The highest BCUT2D eigenvalue weighted by Gasteiger charge is 2.03. The van der Waals surface area contributed by atoms with Gasteiger partial charge in [-0.25, -0.2) is 4.98 Å². The van der Waals surface area contributed by atoms with Crippen LogP contribution in [0, 0.1) is 6.92 Å². The van der Waals surface area contributed by atoms with Crippen LogP contribution >= 0.6 is 0 Å². The lowest BCUT2D eigenvalue weighted by Crippen LogP contribution is -2.26. The van der Waals surface area contributed by atoms with E-state index in [-0.39, 0.29) is 6.61 Å². The molecule has 3 N–H and O–H groups in total. The molecule has 0 aliphatic carbocycles. The number of imidazole rings is 1. The van der Waals surface area contributed by atoms with Crippen molar-refractivity contribution < 1.29 is 5.11 Å². The molecule has 1 aromatic rings. The van der Waals surface area contributed by atoms with Crippen LogP contribution in [0.1, 0.15) is 24.7 Å². The van der Waals surface area contributed by atoms with Crippen molar-refractivity contribution in [2.45, 2.75) is 32.9 Å². The number of nitrogens with one attached hydrogen (secondary N) is 2. The van der Waals surface area contributed by atoms with E-state index in [9.17, 15) is 0 Å². The summed E-state index contributed by atoms with van der Waals surface area (Å²) in [5, 5.41) is 12.0. The molecule has 0 radical (unpaired) electrons. The quantitative estimate of drug-likeness (QED) is 0.625. The van der Waals surface area contributed by atoms with Gasteiger partial charge in [0.1, 0.15) is 0 Å². The lowest BCUT2D eigenvalue weighted by atomic mass is 10.2. The van der Waals surface area contributed by atoms with E-state index in [4.69, 9.17) is 5.11 Å². The fraction of sp³-hybridized carbons (Fsp3) is 0.667. The normalized spacial score (nSPS) is 13.2. The smallest absolute Gasteiger partial charge is 0.0925 e. The van der Waals surface area contributed by atoms with E-state index in [0.717, 1.165) is 24.4 Å². The van der Waals surface area contributed by atoms with Gasteiger partial charge in [0.15, 0.2) is 0 Å². The third-order valence-corrected chi connectivity index (χ3v) is 2.11. The topological polar surface area (TPSA) is 60.9 Å². The Morgan fingerprint density at radius 1 is 1.69 bits per heavy atom. The third kappa shape index (κ3) is 3.16. The Kier molecular flexibility index (Phi) is 3.92. The van der Waals surface area contributed by atoms with Gasteiger partial charge < -0.3 is 15.4 Å². The molecule has 74 valence electrons. The van der Waals surface area contributed by atoms with Crippen LogP contribution in [0.4, 0.5) is 0 Å². The van der Waals surface area contributed by atoms with Crippen LogP contribution in [0.25, 0.3) is 0 Å². The third-order valence-electron chi connectivity index (χ3n) is 2.11. The number of aromatic nitrogens is 2. The van der Waals surface area contributed by atoms with Crippen LogP contribution < -0.4 is 5.32 Å². The number of aliphatic hydroxyl groups excluding tert-OH is 1. The first-order valence-corrected chi connectivity index (χ1v) is 4.57. The van der Waals surface area contributed by atoms with Crippen LogP contribution in [-0.2, 0) is 6.54 Å². The van der Waals surface area contributed by atoms with Gasteiger partial charge >= 0.3 is 0 Å². The highest BCUT2D eigenvalue weighted by atomic mass is 16.3. The molecule has 1 atom stereocenters. The second-order valence-corrected chi connectivity index (χ2v) is 3.27. The highest BCUT2D eigenvalue weighted by Crippen LogP contribution is 2.00. The molecule has 4 nitrogen and oxygen atoms in total. The molecular formula is C9H17N3O. The van der Waals surface area contributed by atoms with Gasteiger partial charge in [-0.15, -0.1) is 0 Å². The molecule has 0 saturated carbocycles. The monoisotopic (exact) mass is 183 g/mol. The minimum absolute atomic E-state index is 0.230. The van der Waals surface area contributed by atoms with Crippen LogP contribution in [0.5, 0.6) is 0 Å². The summed E-state index contributed by atoms with van der Waals surface area (Å²) in [6, 6.07) is 0.334. The molecule has 0 bridgehead atoms. The van der Waals surface area contributed by atoms with Gasteiger partial charge in [-0.3, -0.25) is 0 Å². The first kappa shape index (κ1) is 10.2. The Morgan fingerprint density at radius 3 is 3.00 bits per heavy atom. The maximum absolute atomic E-state index is 8.69. The van der Waals surface area contributed by atoms with E-state index in [0.29, 0.717) is 6.04 Å². The maximum Gasteiger partial charge on any atom is 0.0925 e. The average Bonchev–Trinajstić information content (AvgIpc) is 2.48. The number of aromatic amines is 1. The number of nitrogens with zero attached hydrogens (tertiary/aromatic N) is 1. The Hall–Kier alpha value is -0.870. The Bertz CT molecular complexity index is 247. The van der Waals surface area contributed by atoms with Gasteiger partial charge in [0.2, 0.25) is 0 Å². The first-order valence-electron chi connectivity index (χ1n) is 4.57. The fourth-order valence-electron chi connectivity index (χ4n) is 1.13. The van der Waals surface area contributed by atoms with E-state index >= 15 is 0 Å². The van der Waals surface area contributed by atoms with Crippen molar-refractivity contribution in [1.82, 2.24) is 15.3 Å². The predicted octanol–water partition coefficient (Wildman–Crippen LogP) is 0.579. The number of H-pyrrole nitrogens is 1. The molecule has 4 heteroatoms. The van der Waals surface area contributed by atoms with Crippen molar-refractivity contribution in [3.8, 4) is 0 Å². The second kappa shape index (κ2) is 4.99. The minimum Gasteiger partial charge on any atom is -0.396 e. The van der Waals surface area contributed by atoms with Crippen LogP contribution in [-0.4, -0.2) is 27.7 Å². The highest BCUT2D eigenvalue weighted by molar-refractivity contribution is 5.08. The Labute approximate surface area is 78.4 Å². The average molecular weight is 183 g/mol. The molecule has 1 aromatic heterocycles. The summed E-state index contributed by atoms with van der Waals surface area (Å²) in [6.45, 7) is 5.04. The van der Waals surface area contributed by atoms with Crippen molar-refractivity contribution in [3.05, 3.63) is 17.7 Å². The van der Waals surface area contributed by atoms with E-state index in [2.05, 4.69) is 22.2 Å². The molecule has 0 aromatic carbocycles. The first-order chi connectivity index (χ1) is 6.24. The lowest BCUT2D eigenvalue weighted by molar-refractivity contribution is 0.268. The van der Waals surface area contributed by atoms with E-state index in [1.165, 1.54) is 0 Å². The van der Waals surface area contributed by atoms with Gasteiger partial charge in [-0.05, 0) is 20.3 Å². The lowest BCUT2D eigenvalue weighted by Gasteiger charge is -2.10. The van der Waals surface area contributed by atoms with Gasteiger partial charge in [0.05, 0.1) is 12.0 Å². The largest absolute Gasteiger partial charge is 0.396 e. The van der Waals surface area contributed by atoms with Crippen LogP contribution in [0.3, 0.4) is 0 Å². The number of aliphatic hydroxyl groups is 1. The second-order valence-electron chi connectivity index (χ2n) is 3.27. The van der Waals surface area contributed by atoms with Gasteiger partial charge in [0.25, 0.3) is 0 Å². The predicted molar refractivity (Wildman–Crippen MR) is 51.3 cm³/mol. The van der Waals surface area contributed by atoms with Gasteiger partial charge in [0, 0.05) is 24.9 Å². The molecule has 0 aliphatic heterocycles. The molecule has 0 aliphatic rings. The molecule has 0 amide bonds. The molecular weight excluding hydrogens is 166 g/mol. The summed E-state index contributed by atoms with van der Waals surface area (Å²) < 4.78 is 0. The van der Waals surface area contributed by atoms with Crippen LogP contribution in [0.15, 0.2) is 6.33 Å². The number of rotatable bonds is 5. The SMILES string of the molecule is Cc1[nH]cnc1CNC(C)CCO. The number of hydrogen-bond acceptors (Lipinski definition) is 3. The summed E-state index contributed by atoms with van der Waals surface area (Å²) in [7, 11) is 0. The van der Waals surface area contributed by atoms with Gasteiger partial charge in [-0.1, -0.05) is 0 Å². The summed E-state index contributed by atoms with van der Waals surface area (Å²) in [5.41, 5.74) is 2.15.